The zero-order valence-electron chi connectivity index (χ0n) is 6.91. The number of anilines is 1. The number of rotatable bonds is 1. The van der Waals surface area contributed by atoms with Crippen LogP contribution in [0.2, 0.25) is 0 Å². The third-order valence-corrected chi connectivity index (χ3v) is 1.49. The fourth-order valence-corrected chi connectivity index (χ4v) is 0.828. The molecular weight excluding hydrogens is 161 g/mol. The molecule has 0 atom stereocenters. The van der Waals surface area contributed by atoms with Gasteiger partial charge in [0.2, 0.25) is 0 Å². The Balaban J connectivity index is 3.33. The molecule has 0 saturated heterocycles. The van der Waals surface area contributed by atoms with Gasteiger partial charge in [-0.3, -0.25) is 4.57 Å². The predicted molar refractivity (Wildman–Crippen MR) is 43.3 cm³/mol. The molecule has 1 rings (SSSR count). The summed E-state index contributed by atoms with van der Waals surface area (Å²) >= 11 is 0. The van der Waals surface area contributed by atoms with Crippen molar-refractivity contribution in [2.75, 3.05) is 5.73 Å². The Kier molecular flexibility index (Phi) is 2.12. The summed E-state index contributed by atoms with van der Waals surface area (Å²) in [5.41, 5.74) is 4.57. The standard InChI is InChI=1S/C7H10FN3O/c1-4(2)11-3-5(8)6(9)10-7(11)12/h3-4H,1-2H3,(H2,9,10,12). The monoisotopic (exact) mass is 171 g/mol. The molecule has 0 amide bonds. The van der Waals surface area contributed by atoms with Gasteiger partial charge >= 0.3 is 5.69 Å². The molecule has 0 radical (unpaired) electrons. The molecule has 66 valence electrons. The lowest BCUT2D eigenvalue weighted by Crippen LogP contribution is -2.25. The minimum atomic E-state index is -0.664. The van der Waals surface area contributed by atoms with Crippen LogP contribution in [0, 0.1) is 5.82 Å². The summed E-state index contributed by atoms with van der Waals surface area (Å²) in [5, 5.41) is 0. The van der Waals surface area contributed by atoms with Gasteiger partial charge in [0, 0.05) is 12.2 Å². The lowest BCUT2D eigenvalue weighted by atomic mass is 10.4. The second-order valence-corrected chi connectivity index (χ2v) is 2.76. The highest BCUT2D eigenvalue weighted by atomic mass is 19.1. The molecule has 0 spiro atoms. The fourth-order valence-electron chi connectivity index (χ4n) is 0.828. The van der Waals surface area contributed by atoms with Crippen molar-refractivity contribution < 1.29 is 4.39 Å². The lowest BCUT2D eigenvalue weighted by molar-refractivity contribution is 0.524. The molecule has 12 heavy (non-hydrogen) atoms. The van der Waals surface area contributed by atoms with E-state index in [-0.39, 0.29) is 11.9 Å². The Morgan fingerprint density at radius 3 is 2.75 bits per heavy atom. The smallest absolute Gasteiger partial charge is 0.349 e. The van der Waals surface area contributed by atoms with Gasteiger partial charge in [0.1, 0.15) is 0 Å². The Bertz CT molecular complexity index is 345. The molecular formula is C7H10FN3O. The van der Waals surface area contributed by atoms with Gasteiger partial charge in [-0.15, -0.1) is 0 Å². The molecule has 0 aliphatic carbocycles. The molecule has 0 saturated carbocycles. The summed E-state index contributed by atoms with van der Waals surface area (Å²) in [4.78, 5) is 14.3. The van der Waals surface area contributed by atoms with Crippen LogP contribution in [0.25, 0.3) is 0 Å². The van der Waals surface area contributed by atoms with Crippen molar-refractivity contribution in [2.24, 2.45) is 0 Å². The van der Waals surface area contributed by atoms with Crippen LogP contribution in [0.15, 0.2) is 11.0 Å². The minimum absolute atomic E-state index is 0.111. The van der Waals surface area contributed by atoms with Crippen molar-refractivity contribution >= 4 is 5.82 Å². The van der Waals surface area contributed by atoms with Crippen LogP contribution < -0.4 is 11.4 Å². The molecule has 1 aromatic rings. The minimum Gasteiger partial charge on any atom is -0.381 e. The number of hydrogen-bond acceptors (Lipinski definition) is 3. The molecule has 0 aromatic carbocycles. The van der Waals surface area contributed by atoms with E-state index in [0.717, 1.165) is 6.20 Å². The number of aromatic nitrogens is 2. The van der Waals surface area contributed by atoms with E-state index in [1.807, 2.05) is 0 Å². The molecule has 0 fully saturated rings. The summed E-state index contributed by atoms with van der Waals surface area (Å²) in [7, 11) is 0. The van der Waals surface area contributed by atoms with Crippen LogP contribution in [0.4, 0.5) is 10.2 Å². The zero-order valence-corrected chi connectivity index (χ0v) is 6.91. The van der Waals surface area contributed by atoms with E-state index < -0.39 is 11.5 Å². The van der Waals surface area contributed by atoms with Crippen molar-refractivity contribution in [3.8, 4) is 0 Å². The van der Waals surface area contributed by atoms with Crippen molar-refractivity contribution in [3.05, 3.63) is 22.5 Å². The fraction of sp³-hybridized carbons (Fsp3) is 0.429. The summed E-state index contributed by atoms with van der Waals surface area (Å²) in [6.45, 7) is 3.53. The van der Waals surface area contributed by atoms with Crippen molar-refractivity contribution in [3.63, 3.8) is 0 Å². The summed E-state index contributed by atoms with van der Waals surface area (Å²) in [6, 6.07) is -0.111. The number of halogens is 1. The maximum absolute atomic E-state index is 12.8. The molecule has 1 heterocycles. The van der Waals surface area contributed by atoms with Crippen molar-refractivity contribution in [2.45, 2.75) is 19.9 Å². The van der Waals surface area contributed by atoms with E-state index in [1.54, 1.807) is 13.8 Å². The van der Waals surface area contributed by atoms with Gasteiger partial charge in [0.25, 0.3) is 0 Å². The SMILES string of the molecule is CC(C)n1cc(F)c(N)nc1=O. The predicted octanol–water partition coefficient (Wildman–Crippen LogP) is 0.546. The molecule has 2 N–H and O–H groups in total. The van der Waals surface area contributed by atoms with Gasteiger partial charge < -0.3 is 5.73 Å². The van der Waals surface area contributed by atoms with Crippen LogP contribution in [-0.2, 0) is 0 Å². The van der Waals surface area contributed by atoms with Crippen molar-refractivity contribution in [1.82, 2.24) is 9.55 Å². The Hall–Kier alpha value is -1.39. The summed E-state index contributed by atoms with van der Waals surface area (Å²) in [6.07, 6.45) is 1.06. The average Bonchev–Trinajstić information content (AvgIpc) is 1.96. The van der Waals surface area contributed by atoms with Crippen molar-refractivity contribution in [1.29, 1.82) is 0 Å². The van der Waals surface area contributed by atoms with Gasteiger partial charge in [-0.05, 0) is 13.8 Å². The highest BCUT2D eigenvalue weighted by molar-refractivity contribution is 5.26. The third-order valence-electron chi connectivity index (χ3n) is 1.49. The molecule has 0 aliphatic rings. The van der Waals surface area contributed by atoms with Crippen LogP contribution >= 0.6 is 0 Å². The number of hydrogen-bond donors (Lipinski definition) is 1. The topological polar surface area (TPSA) is 60.9 Å². The van der Waals surface area contributed by atoms with Gasteiger partial charge in [-0.1, -0.05) is 0 Å². The summed E-state index contributed by atoms with van der Waals surface area (Å²) < 4.78 is 14.0. The van der Waals surface area contributed by atoms with Gasteiger partial charge in [-0.25, -0.2) is 9.18 Å². The van der Waals surface area contributed by atoms with E-state index in [2.05, 4.69) is 4.98 Å². The number of nitrogen functional groups attached to an aromatic ring is 1. The van der Waals surface area contributed by atoms with Crippen LogP contribution in [0.1, 0.15) is 19.9 Å². The van der Waals surface area contributed by atoms with Gasteiger partial charge in [-0.2, -0.15) is 4.98 Å². The maximum Gasteiger partial charge on any atom is 0.349 e. The van der Waals surface area contributed by atoms with Crippen LogP contribution in [0.3, 0.4) is 0 Å². The first kappa shape index (κ1) is 8.70. The molecule has 0 aliphatic heterocycles. The molecule has 0 bridgehead atoms. The lowest BCUT2D eigenvalue weighted by Gasteiger charge is -2.08. The van der Waals surface area contributed by atoms with E-state index in [4.69, 9.17) is 5.73 Å². The highest BCUT2D eigenvalue weighted by Crippen LogP contribution is 2.05. The second kappa shape index (κ2) is 2.92. The average molecular weight is 171 g/mol. The number of nitrogens with zero attached hydrogens (tertiary/aromatic N) is 2. The van der Waals surface area contributed by atoms with E-state index in [9.17, 15) is 9.18 Å². The number of nitrogens with two attached hydrogens (primary N) is 1. The van der Waals surface area contributed by atoms with Crippen LogP contribution in [0.5, 0.6) is 0 Å². The summed E-state index contributed by atoms with van der Waals surface area (Å²) in [5.74, 6) is -1.01. The first-order valence-electron chi connectivity index (χ1n) is 3.56. The quantitative estimate of drug-likeness (QED) is 0.671. The zero-order chi connectivity index (χ0) is 9.30. The van der Waals surface area contributed by atoms with Gasteiger partial charge in [0.15, 0.2) is 11.6 Å². The largest absolute Gasteiger partial charge is 0.381 e. The van der Waals surface area contributed by atoms with E-state index in [0.29, 0.717) is 0 Å². The third kappa shape index (κ3) is 1.44. The Morgan fingerprint density at radius 2 is 2.25 bits per heavy atom. The van der Waals surface area contributed by atoms with Crippen LogP contribution in [-0.4, -0.2) is 9.55 Å². The maximum atomic E-state index is 12.8. The molecule has 5 heteroatoms. The molecule has 0 unspecified atom stereocenters. The Labute approximate surface area is 68.8 Å². The van der Waals surface area contributed by atoms with E-state index >= 15 is 0 Å². The highest BCUT2D eigenvalue weighted by Gasteiger charge is 2.06. The van der Waals surface area contributed by atoms with Gasteiger partial charge in [0.05, 0.1) is 0 Å². The molecule has 1 aromatic heterocycles. The first-order chi connectivity index (χ1) is 5.52. The Morgan fingerprint density at radius 1 is 1.67 bits per heavy atom. The second-order valence-electron chi connectivity index (χ2n) is 2.76. The normalized spacial score (nSPS) is 10.7. The first-order valence-corrected chi connectivity index (χ1v) is 3.56. The molecule has 4 nitrogen and oxygen atoms in total. The van der Waals surface area contributed by atoms with E-state index in [1.165, 1.54) is 4.57 Å².